The van der Waals surface area contributed by atoms with E-state index in [1.165, 1.54) is 0 Å². The predicted octanol–water partition coefficient (Wildman–Crippen LogP) is 0.722. The van der Waals surface area contributed by atoms with Crippen molar-refractivity contribution in [2.45, 2.75) is 4.90 Å². The van der Waals surface area contributed by atoms with Crippen molar-refractivity contribution in [3.05, 3.63) is 29.8 Å². The molecule has 0 atom stereocenters. The molecule has 1 aromatic rings. The van der Waals surface area contributed by atoms with E-state index in [0.717, 1.165) is 12.1 Å². The number of benzene rings is 1. The average molecular weight is 334 g/mol. The molecule has 9 heteroatoms. The van der Waals surface area contributed by atoms with E-state index >= 15 is 0 Å². The Morgan fingerprint density at radius 2 is 1.77 bits per heavy atom. The molecule has 0 aliphatic rings. The second kappa shape index (κ2) is 7.50. The smallest absolute Gasteiger partial charge is 0.243 e. The summed E-state index contributed by atoms with van der Waals surface area (Å²) in [5.41, 5.74) is 0. The van der Waals surface area contributed by atoms with E-state index in [1.54, 1.807) is 9.80 Å². The molecule has 1 rings (SSSR count). The van der Waals surface area contributed by atoms with Crippen LogP contribution < -0.4 is 4.72 Å². The summed E-state index contributed by atoms with van der Waals surface area (Å²) in [7, 11) is 3.23. The molecule has 1 aromatic carbocycles. The van der Waals surface area contributed by atoms with E-state index in [1.807, 2.05) is 28.2 Å². The molecule has 0 bridgehead atoms. The van der Waals surface area contributed by atoms with Crippen LogP contribution in [0.5, 0.6) is 0 Å². The Balaban J connectivity index is 2.73. The van der Waals surface area contributed by atoms with Gasteiger partial charge >= 0.3 is 0 Å². The summed E-state index contributed by atoms with van der Waals surface area (Å²) in [6.07, 6.45) is 0. The van der Waals surface area contributed by atoms with Crippen LogP contribution in [0.15, 0.2) is 28.1 Å². The number of hydrogen-bond acceptors (Lipinski definition) is 3. The van der Waals surface area contributed by atoms with Gasteiger partial charge in [0, 0.05) is 40.8 Å². The van der Waals surface area contributed by atoms with Gasteiger partial charge in [-0.2, -0.15) is 0 Å². The molecule has 124 valence electrons. The van der Waals surface area contributed by atoms with Crippen LogP contribution in [0.4, 0.5) is 8.78 Å². The van der Waals surface area contributed by atoms with Crippen molar-refractivity contribution in [1.82, 2.24) is 14.5 Å². The first-order valence-corrected chi connectivity index (χ1v) is 7.97. The van der Waals surface area contributed by atoms with Crippen LogP contribution in [0.3, 0.4) is 0 Å². The molecule has 0 unspecified atom stereocenters. The van der Waals surface area contributed by atoms with Crippen LogP contribution in [0.25, 0.3) is 0 Å². The predicted molar refractivity (Wildman–Crippen MR) is 81.2 cm³/mol. The van der Waals surface area contributed by atoms with Crippen molar-refractivity contribution in [1.29, 1.82) is 0 Å². The summed E-state index contributed by atoms with van der Waals surface area (Å²) in [5, 5.41) is 0. The Morgan fingerprint density at radius 3 is 2.27 bits per heavy atom. The SMILES string of the molecule is CN(C)C(=NCCNS(=O)(=O)c1ccc(F)cc1F)N(C)C. The number of rotatable bonds is 5. The maximum absolute atomic E-state index is 13.5. The molecule has 0 spiro atoms. The molecule has 0 amide bonds. The lowest BCUT2D eigenvalue weighted by atomic mass is 10.3. The first kappa shape index (κ1) is 18.3. The third-order valence-corrected chi connectivity index (χ3v) is 4.13. The standard InChI is InChI=1S/C13H20F2N4O2S/c1-18(2)13(19(3)4)16-7-8-17-22(20,21)12-6-5-10(14)9-11(12)15/h5-6,9,17H,7-8H2,1-4H3. The Labute approximate surface area is 129 Å². The Kier molecular flexibility index (Phi) is 6.24. The highest BCUT2D eigenvalue weighted by Gasteiger charge is 2.18. The molecule has 22 heavy (non-hydrogen) atoms. The van der Waals surface area contributed by atoms with Crippen LogP contribution in [0, 0.1) is 11.6 Å². The molecule has 1 N–H and O–H groups in total. The lowest BCUT2D eigenvalue weighted by Crippen LogP contribution is -2.36. The molecule has 0 fully saturated rings. The lowest BCUT2D eigenvalue weighted by molar-refractivity contribution is 0.479. The number of nitrogens with one attached hydrogen (secondary N) is 1. The van der Waals surface area contributed by atoms with Gasteiger partial charge in [-0.3, -0.25) is 4.99 Å². The van der Waals surface area contributed by atoms with Gasteiger partial charge in [0.2, 0.25) is 10.0 Å². The molecular formula is C13H20F2N4O2S. The van der Waals surface area contributed by atoms with Gasteiger partial charge in [0.25, 0.3) is 0 Å². The minimum absolute atomic E-state index is 0.00430. The highest BCUT2D eigenvalue weighted by molar-refractivity contribution is 7.89. The summed E-state index contributed by atoms with van der Waals surface area (Å²) >= 11 is 0. The van der Waals surface area contributed by atoms with Crippen LogP contribution in [0.1, 0.15) is 0 Å². The summed E-state index contributed by atoms with van der Waals surface area (Å²) in [6, 6.07) is 2.32. The van der Waals surface area contributed by atoms with Gasteiger partial charge in [0.15, 0.2) is 5.96 Å². The third kappa shape index (κ3) is 4.92. The Hall–Kier alpha value is -1.74. The number of hydrogen-bond donors (Lipinski definition) is 1. The maximum atomic E-state index is 13.5. The van der Waals surface area contributed by atoms with Crippen LogP contribution >= 0.6 is 0 Å². The van der Waals surface area contributed by atoms with Gasteiger partial charge in [-0.15, -0.1) is 0 Å². The minimum Gasteiger partial charge on any atom is -0.349 e. The first-order chi connectivity index (χ1) is 10.1. The molecule has 0 aliphatic carbocycles. The molecule has 6 nitrogen and oxygen atoms in total. The van der Waals surface area contributed by atoms with Crippen molar-refractivity contribution in [3.8, 4) is 0 Å². The number of nitrogens with zero attached hydrogens (tertiary/aromatic N) is 3. The van der Waals surface area contributed by atoms with Gasteiger partial charge in [0.1, 0.15) is 16.5 Å². The topological polar surface area (TPSA) is 65.0 Å². The quantitative estimate of drug-likeness (QED) is 0.490. The van der Waals surface area contributed by atoms with E-state index < -0.39 is 26.6 Å². The molecular weight excluding hydrogens is 314 g/mol. The molecule has 0 radical (unpaired) electrons. The summed E-state index contributed by atoms with van der Waals surface area (Å²) in [5.74, 6) is -1.28. The van der Waals surface area contributed by atoms with E-state index in [2.05, 4.69) is 9.71 Å². The Morgan fingerprint density at radius 1 is 1.18 bits per heavy atom. The summed E-state index contributed by atoms with van der Waals surface area (Å²) in [6.45, 7) is 0.193. The third-order valence-electron chi connectivity index (χ3n) is 2.64. The first-order valence-electron chi connectivity index (χ1n) is 6.49. The van der Waals surface area contributed by atoms with Crippen LogP contribution in [0.2, 0.25) is 0 Å². The van der Waals surface area contributed by atoms with E-state index in [0.29, 0.717) is 12.0 Å². The van der Waals surface area contributed by atoms with Crippen molar-refractivity contribution in [2.24, 2.45) is 4.99 Å². The van der Waals surface area contributed by atoms with Crippen molar-refractivity contribution in [2.75, 3.05) is 41.3 Å². The number of aliphatic imine (C=N–C) groups is 1. The highest BCUT2D eigenvalue weighted by Crippen LogP contribution is 2.14. The molecule has 0 heterocycles. The minimum atomic E-state index is -4.03. The lowest BCUT2D eigenvalue weighted by Gasteiger charge is -2.22. The average Bonchev–Trinajstić information content (AvgIpc) is 2.36. The van der Waals surface area contributed by atoms with E-state index in [9.17, 15) is 17.2 Å². The molecule has 0 aliphatic heterocycles. The number of guanidine groups is 1. The van der Waals surface area contributed by atoms with Gasteiger partial charge in [-0.05, 0) is 12.1 Å². The van der Waals surface area contributed by atoms with Crippen molar-refractivity contribution >= 4 is 16.0 Å². The van der Waals surface area contributed by atoms with Gasteiger partial charge < -0.3 is 9.80 Å². The highest BCUT2D eigenvalue weighted by atomic mass is 32.2. The fourth-order valence-corrected chi connectivity index (χ4v) is 2.87. The fraction of sp³-hybridized carbons (Fsp3) is 0.462. The van der Waals surface area contributed by atoms with Gasteiger partial charge in [-0.25, -0.2) is 21.9 Å². The second-order valence-electron chi connectivity index (χ2n) is 4.94. The van der Waals surface area contributed by atoms with Gasteiger partial charge in [-0.1, -0.05) is 0 Å². The molecule has 0 saturated carbocycles. The fourth-order valence-electron chi connectivity index (χ4n) is 1.79. The number of halogens is 2. The second-order valence-corrected chi connectivity index (χ2v) is 6.68. The van der Waals surface area contributed by atoms with Crippen molar-refractivity contribution < 1.29 is 17.2 Å². The van der Waals surface area contributed by atoms with E-state index in [4.69, 9.17) is 0 Å². The largest absolute Gasteiger partial charge is 0.349 e. The van der Waals surface area contributed by atoms with Crippen LogP contribution in [-0.2, 0) is 10.0 Å². The number of sulfonamides is 1. The molecule has 0 saturated heterocycles. The summed E-state index contributed by atoms with van der Waals surface area (Å²) < 4.78 is 52.4. The summed E-state index contributed by atoms with van der Waals surface area (Å²) in [4.78, 5) is 7.23. The zero-order chi connectivity index (χ0) is 16.9. The zero-order valence-corrected chi connectivity index (χ0v) is 13.8. The van der Waals surface area contributed by atoms with Gasteiger partial charge in [0.05, 0.1) is 6.54 Å². The molecule has 0 aromatic heterocycles. The van der Waals surface area contributed by atoms with E-state index in [-0.39, 0.29) is 13.1 Å². The zero-order valence-electron chi connectivity index (χ0n) is 13.0. The van der Waals surface area contributed by atoms with Crippen molar-refractivity contribution in [3.63, 3.8) is 0 Å². The maximum Gasteiger partial charge on any atom is 0.243 e. The Bertz CT molecular complexity index is 635. The van der Waals surface area contributed by atoms with Crippen LogP contribution in [-0.4, -0.2) is 65.5 Å². The monoisotopic (exact) mass is 334 g/mol. The normalized spacial score (nSPS) is 11.2.